The predicted octanol–water partition coefficient (Wildman–Crippen LogP) is -2.59. The number of nitrogens with two attached hydrogens (primary N) is 1. The zero-order valence-electron chi connectivity index (χ0n) is 36.3. The summed E-state index contributed by atoms with van der Waals surface area (Å²) < 4.78 is 1.31. The van der Waals surface area contributed by atoms with Gasteiger partial charge in [-0.1, -0.05) is 51.1 Å². The molecule has 0 fully saturated rings. The Bertz CT molecular complexity index is 2190. The van der Waals surface area contributed by atoms with Crippen molar-refractivity contribution in [3.8, 4) is 0 Å². The molecular formula is C41H58N12O11. The van der Waals surface area contributed by atoms with Crippen molar-refractivity contribution in [3.63, 3.8) is 0 Å². The largest absolute Gasteiger partial charge is 0.481 e. The quantitative estimate of drug-likeness (QED) is 0.0747. The highest BCUT2D eigenvalue weighted by Gasteiger charge is 2.35. The fourth-order valence-electron chi connectivity index (χ4n) is 7.04. The van der Waals surface area contributed by atoms with E-state index in [0.717, 1.165) is 10.9 Å². The second-order valence-corrected chi connectivity index (χ2v) is 16.5. The van der Waals surface area contributed by atoms with Gasteiger partial charge in [-0.05, 0) is 42.7 Å². The maximum absolute atomic E-state index is 14.1. The number of carboxylic acids is 1. The number of primary amides is 1. The van der Waals surface area contributed by atoms with Crippen molar-refractivity contribution in [1.29, 1.82) is 0 Å². The Balaban J connectivity index is 1.73. The Kier molecular flexibility index (Phi) is 17.9. The molecule has 0 saturated carbocycles. The Morgan fingerprint density at radius 3 is 2.20 bits per heavy atom. The molecule has 2 aromatic heterocycles. The summed E-state index contributed by atoms with van der Waals surface area (Å²) in [4.78, 5) is 122. The monoisotopic (exact) mass is 894 g/mol. The van der Waals surface area contributed by atoms with Gasteiger partial charge in [-0.2, -0.15) is 0 Å². The van der Waals surface area contributed by atoms with Crippen LogP contribution < -0.4 is 43.0 Å². The van der Waals surface area contributed by atoms with E-state index in [9.17, 15) is 53.4 Å². The Labute approximate surface area is 368 Å². The van der Waals surface area contributed by atoms with E-state index in [1.807, 2.05) is 24.3 Å². The normalized spacial score (nSPS) is 21.2. The molecule has 23 nitrogen and oxygen atoms in total. The van der Waals surface area contributed by atoms with E-state index in [4.69, 9.17) is 5.73 Å². The van der Waals surface area contributed by atoms with Gasteiger partial charge in [0.1, 0.15) is 42.3 Å². The number of aryl methyl sites for hydroxylation is 1. The summed E-state index contributed by atoms with van der Waals surface area (Å²) in [5.41, 5.74) is 7.39. The molecular weight excluding hydrogens is 837 g/mol. The van der Waals surface area contributed by atoms with Crippen molar-refractivity contribution < 1.29 is 53.4 Å². The van der Waals surface area contributed by atoms with Crippen LogP contribution in [0.25, 0.3) is 10.9 Å². The van der Waals surface area contributed by atoms with Crippen LogP contribution in [0.2, 0.25) is 0 Å². The molecule has 348 valence electrons. The van der Waals surface area contributed by atoms with Crippen LogP contribution in [0.5, 0.6) is 0 Å². The van der Waals surface area contributed by atoms with Gasteiger partial charge in [0.2, 0.25) is 47.3 Å². The van der Waals surface area contributed by atoms with Crippen LogP contribution in [0.3, 0.4) is 0 Å². The second kappa shape index (κ2) is 23.0. The van der Waals surface area contributed by atoms with Gasteiger partial charge >= 0.3 is 5.97 Å². The predicted molar refractivity (Wildman–Crippen MR) is 227 cm³/mol. The van der Waals surface area contributed by atoms with Crippen LogP contribution in [0.4, 0.5) is 0 Å². The Morgan fingerprint density at radius 2 is 1.56 bits per heavy atom. The molecule has 1 aliphatic rings. The first-order valence-corrected chi connectivity index (χ1v) is 20.9. The summed E-state index contributed by atoms with van der Waals surface area (Å²) in [6, 6.07) is -2.53. The first-order chi connectivity index (χ1) is 30.3. The SMILES string of the molecule is CC(=O)N[C@H](C(=O)N[C@H]1Cc2cn(nn2)CC[C@@H](C(=O)N[C@@H](Cc2c[nH]c3ccccc23)C(N)=O)NC(=O)[C@H](CC(C)C)NC(=O)[C@H](CCC(=O)O)NC(=O)[C@H](CO)NC1=O)C(C)C. The number of hydrogen-bond donors (Lipinski definition) is 11. The fraction of sp³-hybridized carbons (Fsp3) is 0.537. The van der Waals surface area contributed by atoms with Crippen LogP contribution in [0.15, 0.2) is 36.7 Å². The third-order valence-electron chi connectivity index (χ3n) is 10.4. The van der Waals surface area contributed by atoms with E-state index < -0.39 is 121 Å². The highest BCUT2D eigenvalue weighted by molar-refractivity contribution is 5.98. The van der Waals surface area contributed by atoms with Crippen molar-refractivity contribution in [2.75, 3.05) is 6.61 Å². The lowest BCUT2D eigenvalue weighted by molar-refractivity contribution is -0.139. The van der Waals surface area contributed by atoms with Gasteiger partial charge in [0.25, 0.3) is 0 Å². The number of benzene rings is 1. The molecule has 64 heavy (non-hydrogen) atoms. The number of H-pyrrole nitrogens is 1. The first kappa shape index (κ1) is 49.7. The minimum atomic E-state index is -1.73. The van der Waals surface area contributed by atoms with Gasteiger partial charge in [0.15, 0.2) is 0 Å². The van der Waals surface area contributed by atoms with E-state index in [2.05, 4.69) is 52.5 Å². The third kappa shape index (κ3) is 14.3. The van der Waals surface area contributed by atoms with Gasteiger partial charge in [-0.15, -0.1) is 5.10 Å². The van der Waals surface area contributed by atoms with Crippen LogP contribution in [0.1, 0.15) is 71.6 Å². The highest BCUT2D eigenvalue weighted by atomic mass is 16.4. The van der Waals surface area contributed by atoms with Crippen molar-refractivity contribution in [1.82, 2.24) is 57.2 Å². The molecule has 12 N–H and O–H groups in total. The summed E-state index contributed by atoms with van der Waals surface area (Å²) in [5.74, 6) is -8.80. The number of nitrogens with zero attached hydrogens (tertiary/aromatic N) is 3. The third-order valence-corrected chi connectivity index (χ3v) is 10.4. The molecule has 1 aromatic carbocycles. The zero-order chi connectivity index (χ0) is 47.2. The highest BCUT2D eigenvalue weighted by Crippen LogP contribution is 2.19. The molecule has 3 heterocycles. The molecule has 0 saturated heterocycles. The van der Waals surface area contributed by atoms with Gasteiger partial charge in [-0.3, -0.25) is 47.8 Å². The number of aromatic amines is 1. The van der Waals surface area contributed by atoms with Gasteiger partial charge < -0.3 is 58.1 Å². The van der Waals surface area contributed by atoms with E-state index in [0.29, 0.717) is 5.56 Å². The van der Waals surface area contributed by atoms with Gasteiger partial charge in [0.05, 0.1) is 12.3 Å². The molecule has 23 heteroatoms. The van der Waals surface area contributed by atoms with E-state index >= 15 is 0 Å². The average molecular weight is 895 g/mol. The number of hydrogen-bond acceptors (Lipinski definition) is 12. The van der Waals surface area contributed by atoms with Gasteiger partial charge in [-0.25, -0.2) is 0 Å². The number of rotatable bonds is 15. The molecule has 0 unspecified atom stereocenters. The molecule has 2 bridgehead atoms. The molecule has 4 rings (SSSR count). The van der Waals surface area contributed by atoms with Crippen molar-refractivity contribution in [2.45, 2.75) is 122 Å². The number of aliphatic carboxylic acids is 1. The minimum Gasteiger partial charge on any atom is -0.481 e. The van der Waals surface area contributed by atoms with Crippen LogP contribution in [-0.4, -0.2) is 132 Å². The van der Waals surface area contributed by atoms with E-state index in [-0.39, 0.29) is 43.8 Å². The lowest BCUT2D eigenvalue weighted by Gasteiger charge is -2.28. The molecule has 0 spiro atoms. The number of aromatic nitrogens is 4. The maximum Gasteiger partial charge on any atom is 0.303 e. The summed E-state index contributed by atoms with van der Waals surface area (Å²) in [6.45, 7) is 6.99. The Morgan fingerprint density at radius 1 is 0.906 bits per heavy atom. The number of para-hydroxylation sites is 1. The van der Waals surface area contributed by atoms with Crippen molar-refractivity contribution in [2.24, 2.45) is 17.6 Å². The summed E-state index contributed by atoms with van der Waals surface area (Å²) in [6.07, 6.45) is 1.54. The molecule has 0 radical (unpaired) electrons. The molecule has 3 aromatic rings. The van der Waals surface area contributed by atoms with Crippen molar-refractivity contribution >= 4 is 64.1 Å². The molecule has 7 atom stereocenters. The topological polar surface area (TPSA) is 351 Å². The number of fused-ring (bicyclic) bond motifs is 3. The van der Waals surface area contributed by atoms with Crippen LogP contribution >= 0.6 is 0 Å². The zero-order valence-corrected chi connectivity index (χ0v) is 36.3. The summed E-state index contributed by atoms with van der Waals surface area (Å²) >= 11 is 0. The smallest absolute Gasteiger partial charge is 0.303 e. The number of carbonyl (C=O) groups is 9. The van der Waals surface area contributed by atoms with Gasteiger partial charge in [0, 0.05) is 56.0 Å². The number of amides is 8. The first-order valence-electron chi connectivity index (χ1n) is 20.9. The molecule has 1 aliphatic heterocycles. The summed E-state index contributed by atoms with van der Waals surface area (Å²) in [5, 5.41) is 46.4. The lowest BCUT2D eigenvalue weighted by Crippen LogP contribution is -2.61. The lowest BCUT2D eigenvalue weighted by atomic mass is 10.0. The summed E-state index contributed by atoms with van der Waals surface area (Å²) in [7, 11) is 0. The number of nitrogens with one attached hydrogen (secondary N) is 8. The maximum atomic E-state index is 14.1. The van der Waals surface area contributed by atoms with E-state index in [1.165, 1.54) is 17.8 Å². The molecule has 0 aliphatic carbocycles. The molecule has 8 amide bonds. The number of carboxylic acid groups (broad SMARTS) is 1. The average Bonchev–Trinajstić information content (AvgIpc) is 3.86. The van der Waals surface area contributed by atoms with E-state index in [1.54, 1.807) is 33.9 Å². The second-order valence-electron chi connectivity index (χ2n) is 16.5. The minimum absolute atomic E-state index is 0.00117. The van der Waals surface area contributed by atoms with Crippen LogP contribution in [0, 0.1) is 11.8 Å². The van der Waals surface area contributed by atoms with Crippen LogP contribution in [-0.2, 0) is 62.5 Å². The van der Waals surface area contributed by atoms with Crippen molar-refractivity contribution in [3.05, 3.63) is 47.9 Å². The Hall–Kier alpha value is -6.91. The number of aliphatic hydroxyl groups excluding tert-OH is 1. The fourth-order valence-corrected chi connectivity index (χ4v) is 7.04. The number of aliphatic hydroxyl groups is 1. The number of carbonyl (C=O) groups excluding carboxylic acids is 8. The standard InChI is InChI=1S/C41H58N12O11/c1-20(2)14-30-38(61)46-28(37(60)47-29(35(42)58)15-23-17-43-26-9-7-6-8-25(23)26)12-13-53-18-24(51-52-53)16-31(49-41(64)34(21(3)4)44-22(5)55)39(62)50-32(19-54)40(63)45-27(36(59)48-30)10-11-33(56)57/h6-9,17-18,20-21,27-32,34,43,54H,10-16,19H2,1-5H3,(H2,42,58)(H,44,55)(H,45,63)(H,46,61)(H,47,60)(H,48,59)(H,49,64)(H,50,62)(H,56,57)/t27-,28-,29-,30-,31-,32-,34-/m0/s1.